The quantitative estimate of drug-likeness (QED) is 0.681. The SMILES string of the molecule is CN1C=CC=C(O)C1C(O)C(F)F. The van der Waals surface area contributed by atoms with Gasteiger partial charge in [0.2, 0.25) is 0 Å². The fraction of sp³-hybridized carbons (Fsp3) is 0.500. The zero-order chi connectivity index (χ0) is 10.0. The highest BCUT2D eigenvalue weighted by molar-refractivity contribution is 5.19. The Morgan fingerprint density at radius 1 is 1.54 bits per heavy atom. The molecular formula is C8H11F2NO2. The number of aliphatic hydroxyl groups is 2. The summed E-state index contributed by atoms with van der Waals surface area (Å²) < 4.78 is 24.2. The molecule has 0 fully saturated rings. The number of alkyl halides is 2. The maximum atomic E-state index is 12.1. The third-order valence-electron chi connectivity index (χ3n) is 1.91. The number of allylic oxidation sites excluding steroid dienone is 2. The van der Waals surface area contributed by atoms with Gasteiger partial charge in [0.25, 0.3) is 6.43 Å². The monoisotopic (exact) mass is 191 g/mol. The third kappa shape index (κ3) is 1.98. The van der Waals surface area contributed by atoms with Crippen molar-refractivity contribution in [2.24, 2.45) is 0 Å². The summed E-state index contributed by atoms with van der Waals surface area (Å²) in [5, 5.41) is 18.3. The van der Waals surface area contributed by atoms with E-state index in [9.17, 15) is 13.9 Å². The van der Waals surface area contributed by atoms with Crippen LogP contribution < -0.4 is 0 Å². The van der Waals surface area contributed by atoms with E-state index in [-0.39, 0.29) is 5.76 Å². The van der Waals surface area contributed by atoms with Crippen LogP contribution in [0.1, 0.15) is 0 Å². The van der Waals surface area contributed by atoms with Crippen LogP contribution in [0.4, 0.5) is 8.78 Å². The molecule has 0 amide bonds. The summed E-state index contributed by atoms with van der Waals surface area (Å²) in [6.45, 7) is 0. The van der Waals surface area contributed by atoms with Crippen LogP contribution in [0.3, 0.4) is 0 Å². The lowest BCUT2D eigenvalue weighted by Crippen LogP contribution is -2.44. The molecule has 0 radical (unpaired) electrons. The molecule has 5 heteroatoms. The van der Waals surface area contributed by atoms with E-state index in [1.54, 1.807) is 0 Å². The van der Waals surface area contributed by atoms with E-state index in [0.29, 0.717) is 0 Å². The Morgan fingerprint density at radius 3 is 2.62 bits per heavy atom. The van der Waals surface area contributed by atoms with E-state index in [2.05, 4.69) is 0 Å². The molecule has 1 rings (SSSR count). The largest absolute Gasteiger partial charge is 0.510 e. The first kappa shape index (κ1) is 9.98. The molecule has 2 unspecified atom stereocenters. The van der Waals surface area contributed by atoms with E-state index in [1.165, 1.54) is 30.3 Å². The van der Waals surface area contributed by atoms with E-state index < -0.39 is 18.6 Å². The fourth-order valence-corrected chi connectivity index (χ4v) is 1.23. The van der Waals surface area contributed by atoms with Crippen molar-refractivity contribution in [2.45, 2.75) is 18.6 Å². The van der Waals surface area contributed by atoms with E-state index >= 15 is 0 Å². The van der Waals surface area contributed by atoms with Crippen LogP contribution in [0.2, 0.25) is 0 Å². The number of nitrogens with zero attached hydrogens (tertiary/aromatic N) is 1. The van der Waals surface area contributed by atoms with Gasteiger partial charge in [0, 0.05) is 7.05 Å². The molecule has 2 atom stereocenters. The van der Waals surface area contributed by atoms with Gasteiger partial charge >= 0.3 is 0 Å². The molecule has 13 heavy (non-hydrogen) atoms. The average molecular weight is 191 g/mol. The average Bonchev–Trinajstić information content (AvgIpc) is 2.03. The van der Waals surface area contributed by atoms with E-state index in [4.69, 9.17) is 5.11 Å². The normalized spacial score (nSPS) is 24.8. The summed E-state index contributed by atoms with van der Waals surface area (Å²) in [6, 6.07) is -1.05. The molecule has 1 aliphatic rings. The van der Waals surface area contributed by atoms with E-state index in [0.717, 1.165) is 0 Å². The molecule has 0 saturated carbocycles. The number of hydrogen-bond donors (Lipinski definition) is 2. The number of likely N-dealkylation sites (N-methyl/N-ethyl adjacent to an activating group) is 1. The highest BCUT2D eigenvalue weighted by Gasteiger charge is 2.33. The van der Waals surface area contributed by atoms with Gasteiger partial charge < -0.3 is 15.1 Å². The summed E-state index contributed by atoms with van der Waals surface area (Å²) >= 11 is 0. The topological polar surface area (TPSA) is 43.7 Å². The maximum absolute atomic E-state index is 12.1. The summed E-state index contributed by atoms with van der Waals surface area (Å²) in [7, 11) is 1.51. The van der Waals surface area contributed by atoms with Crippen molar-refractivity contribution < 1.29 is 19.0 Å². The number of hydrogen-bond acceptors (Lipinski definition) is 3. The van der Waals surface area contributed by atoms with Gasteiger partial charge in [-0.2, -0.15) is 0 Å². The Hall–Kier alpha value is -1.10. The van der Waals surface area contributed by atoms with Crippen molar-refractivity contribution in [2.75, 3.05) is 7.05 Å². The molecule has 1 aliphatic heterocycles. The Bertz CT molecular complexity index is 240. The molecule has 2 N–H and O–H groups in total. The number of halogens is 2. The highest BCUT2D eigenvalue weighted by Crippen LogP contribution is 2.19. The molecule has 0 spiro atoms. The zero-order valence-electron chi connectivity index (χ0n) is 7.06. The van der Waals surface area contributed by atoms with E-state index in [1.807, 2.05) is 0 Å². The lowest BCUT2D eigenvalue weighted by atomic mass is 10.1. The van der Waals surface area contributed by atoms with Gasteiger partial charge in [-0.3, -0.25) is 0 Å². The van der Waals surface area contributed by atoms with Crippen LogP contribution in [0.15, 0.2) is 24.1 Å². The van der Waals surface area contributed by atoms with Gasteiger partial charge in [-0.1, -0.05) is 0 Å². The van der Waals surface area contributed by atoms with Crippen molar-refractivity contribution in [1.29, 1.82) is 0 Å². The van der Waals surface area contributed by atoms with Gasteiger partial charge in [-0.05, 0) is 18.4 Å². The smallest absolute Gasteiger partial charge is 0.266 e. The van der Waals surface area contributed by atoms with Crippen molar-refractivity contribution >= 4 is 0 Å². The van der Waals surface area contributed by atoms with Crippen LogP contribution in [-0.2, 0) is 0 Å². The van der Waals surface area contributed by atoms with Gasteiger partial charge in [0.05, 0.1) is 0 Å². The minimum atomic E-state index is -2.87. The first-order valence-electron chi connectivity index (χ1n) is 3.79. The second kappa shape index (κ2) is 3.74. The first-order chi connectivity index (χ1) is 6.04. The van der Waals surface area contributed by atoms with Crippen molar-refractivity contribution in [3.05, 3.63) is 24.1 Å². The minimum absolute atomic E-state index is 0.252. The first-order valence-corrected chi connectivity index (χ1v) is 3.79. The van der Waals surface area contributed by atoms with Gasteiger partial charge in [-0.15, -0.1) is 0 Å². The van der Waals surface area contributed by atoms with Gasteiger partial charge in [0.1, 0.15) is 17.9 Å². The summed E-state index contributed by atoms with van der Waals surface area (Å²) in [5.74, 6) is -0.252. The zero-order valence-corrected chi connectivity index (χ0v) is 7.06. The van der Waals surface area contributed by atoms with Crippen LogP contribution in [0.5, 0.6) is 0 Å². The maximum Gasteiger partial charge on any atom is 0.266 e. The van der Waals surface area contributed by atoms with Crippen LogP contribution >= 0.6 is 0 Å². The number of rotatable bonds is 2. The Balaban J connectivity index is 2.78. The summed E-state index contributed by atoms with van der Waals surface area (Å²) in [5.41, 5.74) is 0. The third-order valence-corrected chi connectivity index (χ3v) is 1.91. The molecule has 74 valence electrons. The van der Waals surface area contributed by atoms with Crippen LogP contribution in [0.25, 0.3) is 0 Å². The van der Waals surface area contributed by atoms with Crippen molar-refractivity contribution in [1.82, 2.24) is 4.90 Å². The predicted molar refractivity (Wildman–Crippen MR) is 43.4 cm³/mol. The lowest BCUT2D eigenvalue weighted by molar-refractivity contribution is -0.0435. The molecule has 1 heterocycles. The predicted octanol–water partition coefficient (Wildman–Crippen LogP) is 0.882. The molecule has 0 aliphatic carbocycles. The Morgan fingerprint density at radius 2 is 2.15 bits per heavy atom. The molecule has 0 saturated heterocycles. The molecule has 3 nitrogen and oxygen atoms in total. The highest BCUT2D eigenvalue weighted by atomic mass is 19.3. The fourth-order valence-electron chi connectivity index (χ4n) is 1.23. The second-order valence-electron chi connectivity index (χ2n) is 2.87. The second-order valence-corrected chi connectivity index (χ2v) is 2.87. The van der Waals surface area contributed by atoms with Crippen LogP contribution in [-0.4, -0.2) is 40.7 Å². The summed E-state index contributed by atoms with van der Waals surface area (Å²) in [4.78, 5) is 1.34. The standard InChI is InChI=1S/C8H11F2NO2/c1-11-4-2-3-5(12)6(11)7(13)8(9)10/h2-4,6-8,12-13H,1H3. The van der Waals surface area contributed by atoms with Crippen LogP contribution in [0, 0.1) is 0 Å². The van der Waals surface area contributed by atoms with Gasteiger partial charge in [-0.25, -0.2) is 8.78 Å². The number of aliphatic hydroxyl groups excluding tert-OH is 2. The lowest BCUT2D eigenvalue weighted by Gasteiger charge is -2.31. The Kier molecular flexibility index (Phi) is 2.87. The van der Waals surface area contributed by atoms with Gasteiger partial charge in [0.15, 0.2) is 0 Å². The molecule has 0 bridgehead atoms. The van der Waals surface area contributed by atoms with Crippen molar-refractivity contribution in [3.8, 4) is 0 Å². The summed E-state index contributed by atoms with van der Waals surface area (Å²) in [6.07, 6.45) is -0.420. The Labute approximate surface area is 74.6 Å². The minimum Gasteiger partial charge on any atom is -0.510 e. The molecular weight excluding hydrogens is 180 g/mol. The van der Waals surface area contributed by atoms with Crippen molar-refractivity contribution in [3.63, 3.8) is 0 Å². The molecule has 0 aromatic rings. The molecule has 0 aromatic heterocycles. The molecule has 0 aromatic carbocycles.